The predicted molar refractivity (Wildman–Crippen MR) is 58.0 cm³/mol. The highest BCUT2D eigenvalue weighted by Crippen LogP contribution is 2.21. The van der Waals surface area contributed by atoms with Gasteiger partial charge < -0.3 is 10.2 Å². The summed E-state index contributed by atoms with van der Waals surface area (Å²) in [4.78, 5) is 10.6. The van der Waals surface area contributed by atoms with Crippen molar-refractivity contribution in [1.29, 1.82) is 0 Å². The summed E-state index contributed by atoms with van der Waals surface area (Å²) >= 11 is 0. The summed E-state index contributed by atoms with van der Waals surface area (Å²) < 4.78 is 0. The van der Waals surface area contributed by atoms with Crippen molar-refractivity contribution in [3.63, 3.8) is 0 Å². The molecule has 15 heavy (non-hydrogen) atoms. The van der Waals surface area contributed by atoms with Gasteiger partial charge in [-0.2, -0.15) is 0 Å². The normalized spacial score (nSPS) is 14.7. The Morgan fingerprint density at radius 3 is 2.33 bits per heavy atom. The Balaban J connectivity index is 2.96. The van der Waals surface area contributed by atoms with E-state index in [9.17, 15) is 9.90 Å². The van der Waals surface area contributed by atoms with Gasteiger partial charge >= 0.3 is 5.97 Å². The third-order valence-corrected chi connectivity index (χ3v) is 2.78. The van der Waals surface area contributed by atoms with E-state index < -0.39 is 12.1 Å². The molecule has 1 aromatic carbocycles. The number of aliphatic hydroxyl groups excluding tert-OH is 1. The van der Waals surface area contributed by atoms with Crippen molar-refractivity contribution in [2.45, 2.75) is 32.8 Å². The molecule has 1 aromatic rings. The van der Waals surface area contributed by atoms with E-state index in [1.807, 2.05) is 32.0 Å². The number of benzene rings is 1. The first kappa shape index (κ1) is 11.7. The Hall–Kier alpha value is -1.35. The summed E-state index contributed by atoms with van der Waals surface area (Å²) in [6.07, 6.45) is -1.34. The first-order valence-corrected chi connectivity index (χ1v) is 4.91. The van der Waals surface area contributed by atoms with Crippen molar-refractivity contribution < 1.29 is 15.0 Å². The Labute approximate surface area is 89.4 Å². The van der Waals surface area contributed by atoms with E-state index in [4.69, 9.17) is 5.11 Å². The molecular weight excluding hydrogens is 192 g/mol. The highest BCUT2D eigenvalue weighted by molar-refractivity contribution is 5.73. The maximum Gasteiger partial charge on any atom is 0.333 e. The van der Waals surface area contributed by atoms with E-state index in [1.165, 1.54) is 0 Å². The molecule has 0 aliphatic carbocycles. The van der Waals surface area contributed by atoms with E-state index in [0.717, 1.165) is 16.7 Å². The van der Waals surface area contributed by atoms with Crippen LogP contribution in [0.5, 0.6) is 0 Å². The van der Waals surface area contributed by atoms with Crippen molar-refractivity contribution in [2.24, 2.45) is 0 Å². The molecule has 0 spiro atoms. The summed E-state index contributed by atoms with van der Waals surface area (Å²) in [7, 11) is 0. The van der Waals surface area contributed by atoms with E-state index in [-0.39, 0.29) is 5.92 Å². The number of aliphatic carboxylic acids is 1. The third-order valence-electron chi connectivity index (χ3n) is 2.78. The van der Waals surface area contributed by atoms with Gasteiger partial charge in [0.15, 0.2) is 6.10 Å². The molecule has 2 N–H and O–H groups in total. The molecule has 1 rings (SSSR count). The highest BCUT2D eigenvalue weighted by atomic mass is 16.4. The summed E-state index contributed by atoms with van der Waals surface area (Å²) in [5.41, 5.74) is 3.13. The van der Waals surface area contributed by atoms with Gasteiger partial charge in [0.2, 0.25) is 0 Å². The van der Waals surface area contributed by atoms with Crippen LogP contribution in [0.3, 0.4) is 0 Å². The molecule has 0 aliphatic rings. The molecule has 0 saturated carbocycles. The largest absolute Gasteiger partial charge is 0.479 e. The zero-order valence-electron chi connectivity index (χ0n) is 9.19. The van der Waals surface area contributed by atoms with Crippen LogP contribution in [0.15, 0.2) is 18.2 Å². The Bertz CT molecular complexity index is 371. The third kappa shape index (κ3) is 2.57. The quantitative estimate of drug-likeness (QED) is 0.797. The molecule has 0 amide bonds. The molecule has 0 aromatic heterocycles. The summed E-state index contributed by atoms with van der Waals surface area (Å²) in [6, 6.07) is 5.72. The molecule has 0 aliphatic heterocycles. The predicted octanol–water partition coefficient (Wildman–Crippen LogP) is 1.85. The second-order valence-electron chi connectivity index (χ2n) is 3.92. The fraction of sp³-hybridized carbons (Fsp3) is 0.417. The lowest BCUT2D eigenvalue weighted by Crippen LogP contribution is -2.25. The Kier molecular flexibility index (Phi) is 3.48. The van der Waals surface area contributed by atoms with Gasteiger partial charge in [-0.25, -0.2) is 4.79 Å². The number of hydrogen-bond donors (Lipinski definition) is 2. The maximum absolute atomic E-state index is 10.6. The van der Waals surface area contributed by atoms with E-state index >= 15 is 0 Å². The van der Waals surface area contributed by atoms with E-state index in [1.54, 1.807) is 6.92 Å². The molecule has 0 radical (unpaired) electrons. The fourth-order valence-corrected chi connectivity index (χ4v) is 1.44. The van der Waals surface area contributed by atoms with Gasteiger partial charge in [-0.1, -0.05) is 25.1 Å². The minimum atomic E-state index is -1.34. The van der Waals surface area contributed by atoms with Gasteiger partial charge in [-0.3, -0.25) is 0 Å². The smallest absolute Gasteiger partial charge is 0.333 e. The van der Waals surface area contributed by atoms with Crippen molar-refractivity contribution in [1.82, 2.24) is 0 Å². The van der Waals surface area contributed by atoms with Crippen LogP contribution in [0.4, 0.5) is 0 Å². The van der Waals surface area contributed by atoms with Gasteiger partial charge in [0, 0.05) is 5.92 Å². The molecule has 0 fully saturated rings. The molecule has 3 nitrogen and oxygen atoms in total. The van der Waals surface area contributed by atoms with Gasteiger partial charge in [0.05, 0.1) is 0 Å². The minimum absolute atomic E-state index is 0.387. The molecule has 3 heteroatoms. The molecule has 0 heterocycles. The van der Waals surface area contributed by atoms with Crippen molar-refractivity contribution >= 4 is 5.97 Å². The summed E-state index contributed by atoms with van der Waals surface area (Å²) in [5.74, 6) is -1.57. The number of aliphatic hydroxyl groups is 1. The van der Waals surface area contributed by atoms with Gasteiger partial charge in [0.25, 0.3) is 0 Å². The fourth-order valence-electron chi connectivity index (χ4n) is 1.44. The average Bonchev–Trinajstić information content (AvgIpc) is 2.19. The van der Waals surface area contributed by atoms with Crippen LogP contribution in [-0.2, 0) is 4.79 Å². The number of carboxylic acids is 1. The molecular formula is C12H16O3. The van der Waals surface area contributed by atoms with Crippen molar-refractivity contribution in [3.8, 4) is 0 Å². The monoisotopic (exact) mass is 208 g/mol. The average molecular weight is 208 g/mol. The van der Waals surface area contributed by atoms with Crippen molar-refractivity contribution in [2.75, 3.05) is 0 Å². The first-order chi connectivity index (χ1) is 6.93. The second kappa shape index (κ2) is 4.45. The SMILES string of the molecule is Cc1ccc(C(C)C(O)C(=O)O)cc1C. The maximum atomic E-state index is 10.6. The lowest BCUT2D eigenvalue weighted by molar-refractivity contribution is -0.147. The first-order valence-electron chi connectivity index (χ1n) is 4.91. The van der Waals surface area contributed by atoms with Crippen LogP contribution >= 0.6 is 0 Å². The molecule has 82 valence electrons. The highest BCUT2D eigenvalue weighted by Gasteiger charge is 2.22. The van der Waals surface area contributed by atoms with E-state index in [2.05, 4.69) is 0 Å². The Morgan fingerprint density at radius 2 is 1.87 bits per heavy atom. The number of aryl methyl sites for hydroxylation is 2. The zero-order valence-corrected chi connectivity index (χ0v) is 9.19. The lowest BCUT2D eigenvalue weighted by Gasteiger charge is -2.16. The van der Waals surface area contributed by atoms with Crippen LogP contribution in [-0.4, -0.2) is 22.3 Å². The van der Waals surface area contributed by atoms with Crippen molar-refractivity contribution in [3.05, 3.63) is 34.9 Å². The lowest BCUT2D eigenvalue weighted by atomic mass is 9.93. The molecule has 0 bridgehead atoms. The topological polar surface area (TPSA) is 57.5 Å². The molecule has 2 atom stereocenters. The van der Waals surface area contributed by atoms with Crippen LogP contribution in [0.2, 0.25) is 0 Å². The number of rotatable bonds is 3. The van der Waals surface area contributed by atoms with Gasteiger partial charge in [0.1, 0.15) is 0 Å². The number of carboxylic acid groups (broad SMARTS) is 1. The molecule has 0 saturated heterocycles. The summed E-state index contributed by atoms with van der Waals surface area (Å²) in [5, 5.41) is 18.1. The Morgan fingerprint density at radius 1 is 1.27 bits per heavy atom. The van der Waals surface area contributed by atoms with Crippen LogP contribution in [0.25, 0.3) is 0 Å². The van der Waals surface area contributed by atoms with Gasteiger partial charge in [-0.15, -0.1) is 0 Å². The zero-order chi connectivity index (χ0) is 11.6. The van der Waals surface area contributed by atoms with Crippen LogP contribution in [0.1, 0.15) is 29.5 Å². The second-order valence-corrected chi connectivity index (χ2v) is 3.92. The van der Waals surface area contributed by atoms with E-state index in [0.29, 0.717) is 0 Å². The molecule has 2 unspecified atom stereocenters. The minimum Gasteiger partial charge on any atom is -0.479 e. The summed E-state index contributed by atoms with van der Waals surface area (Å²) in [6.45, 7) is 5.68. The number of carbonyl (C=O) groups is 1. The number of hydrogen-bond acceptors (Lipinski definition) is 2. The van der Waals surface area contributed by atoms with Crippen LogP contribution < -0.4 is 0 Å². The standard InChI is InChI=1S/C12H16O3/c1-7-4-5-10(6-8(7)2)9(3)11(13)12(14)15/h4-6,9,11,13H,1-3H3,(H,14,15). The van der Waals surface area contributed by atoms with Crippen LogP contribution in [0, 0.1) is 13.8 Å². The van der Waals surface area contributed by atoms with Gasteiger partial charge in [-0.05, 0) is 30.5 Å².